The molecule has 9 nitrogen and oxygen atoms in total. The van der Waals surface area contributed by atoms with E-state index in [0.717, 1.165) is 66.0 Å². The van der Waals surface area contributed by atoms with Crippen molar-refractivity contribution >= 4 is 34.8 Å². The summed E-state index contributed by atoms with van der Waals surface area (Å²) in [7, 11) is 0. The van der Waals surface area contributed by atoms with E-state index in [4.69, 9.17) is 24.1 Å². The number of hydroxylamine groups is 1. The lowest BCUT2D eigenvalue weighted by molar-refractivity contribution is -0.219. The molecule has 288 valence electrons. The summed E-state index contributed by atoms with van der Waals surface area (Å²) in [5.41, 5.74) is 6.31. The van der Waals surface area contributed by atoms with E-state index in [-0.39, 0.29) is 36.4 Å². The van der Waals surface area contributed by atoms with Crippen molar-refractivity contribution in [3.8, 4) is 0 Å². The first-order valence-corrected chi connectivity index (χ1v) is 19.9. The molecule has 0 spiro atoms. The van der Waals surface area contributed by atoms with Crippen LogP contribution in [0.15, 0.2) is 125 Å². The fourth-order valence-electron chi connectivity index (χ4n) is 5.86. The van der Waals surface area contributed by atoms with Gasteiger partial charge in [-0.25, -0.2) is 10.5 Å². The van der Waals surface area contributed by atoms with Crippen LogP contribution in [-0.2, 0) is 19.1 Å². The summed E-state index contributed by atoms with van der Waals surface area (Å²) in [6.45, 7) is 10.1. The van der Waals surface area contributed by atoms with Crippen LogP contribution in [0.4, 0.5) is 5.69 Å². The number of anilines is 1. The SMILES string of the molecule is C/C=C\C.C=CC(C)c1nc(SCC2CC(c3ccc(NC(=O)CCCCCCC(=O)NO)cc3)OC(C3=CC=CCC=C3)O2)oc1C1=CC=CC=CC1. The summed E-state index contributed by atoms with van der Waals surface area (Å²) in [6, 6.07) is 7.83. The maximum Gasteiger partial charge on any atom is 0.256 e. The van der Waals surface area contributed by atoms with Gasteiger partial charge in [-0.05, 0) is 57.2 Å². The molecule has 0 saturated carbocycles. The molecule has 10 heteroatoms. The predicted molar refractivity (Wildman–Crippen MR) is 218 cm³/mol. The molecule has 3 N–H and O–H groups in total. The first-order valence-electron chi connectivity index (χ1n) is 18.9. The van der Waals surface area contributed by atoms with Crippen molar-refractivity contribution in [1.29, 1.82) is 0 Å². The number of aromatic nitrogens is 1. The Morgan fingerprint density at radius 3 is 2.44 bits per heavy atom. The highest BCUT2D eigenvalue weighted by atomic mass is 32.2. The van der Waals surface area contributed by atoms with Crippen molar-refractivity contribution in [3.63, 3.8) is 0 Å². The third-order valence-electron chi connectivity index (χ3n) is 9.04. The number of carbonyl (C=O) groups excluding carboxylic acids is 2. The number of oxazole rings is 1. The number of nitrogens with zero attached hydrogens (tertiary/aromatic N) is 1. The lowest BCUT2D eigenvalue weighted by Crippen LogP contribution is -2.36. The fraction of sp³-hybridized carbons (Fsp3) is 0.386. The second-order valence-corrected chi connectivity index (χ2v) is 14.2. The molecule has 1 saturated heterocycles. The second kappa shape index (κ2) is 23.3. The Hall–Kier alpha value is -4.48. The number of carbonyl (C=O) groups is 2. The van der Waals surface area contributed by atoms with E-state index in [0.29, 0.717) is 30.2 Å². The molecule has 1 aliphatic heterocycles. The summed E-state index contributed by atoms with van der Waals surface area (Å²) in [5, 5.41) is 12.2. The lowest BCUT2D eigenvalue weighted by Gasteiger charge is -2.36. The number of thioether (sulfide) groups is 1. The molecule has 3 aliphatic rings. The molecule has 1 fully saturated rings. The van der Waals surface area contributed by atoms with E-state index < -0.39 is 6.29 Å². The molecule has 4 atom stereocenters. The summed E-state index contributed by atoms with van der Waals surface area (Å²) in [6.07, 6.45) is 31.6. The molecule has 1 aromatic carbocycles. The Labute approximate surface area is 324 Å². The number of unbranched alkanes of at least 4 members (excludes halogenated alkanes) is 3. The number of rotatable bonds is 16. The summed E-state index contributed by atoms with van der Waals surface area (Å²) in [5.74, 6) is 1.05. The fourth-order valence-corrected chi connectivity index (χ4v) is 6.71. The molecular weight excluding hydrogens is 699 g/mol. The van der Waals surface area contributed by atoms with E-state index in [9.17, 15) is 9.59 Å². The van der Waals surface area contributed by atoms with Gasteiger partial charge in [-0.2, -0.15) is 0 Å². The van der Waals surface area contributed by atoms with Crippen molar-refractivity contribution in [2.75, 3.05) is 11.1 Å². The van der Waals surface area contributed by atoms with Crippen LogP contribution in [0, 0.1) is 0 Å². The van der Waals surface area contributed by atoms with E-state index in [1.165, 1.54) is 0 Å². The second-order valence-electron chi connectivity index (χ2n) is 13.2. The van der Waals surface area contributed by atoms with Gasteiger partial charge in [0.1, 0.15) is 0 Å². The zero-order valence-corrected chi connectivity index (χ0v) is 32.6. The molecule has 2 heterocycles. The summed E-state index contributed by atoms with van der Waals surface area (Å²) >= 11 is 1.55. The number of hydrogen-bond donors (Lipinski definition) is 3. The highest BCUT2D eigenvalue weighted by molar-refractivity contribution is 7.99. The topological polar surface area (TPSA) is 123 Å². The standard InChI is InChI=1S/C40H47N3O6S.C4H8/c1-3-28(2)37-38(30-16-10-4-5-11-17-30)49-40(42-37)50-27-33-26-34(48-39(47-33)31-18-12-6-7-13-19-31)29-22-24-32(25-23-29)41-35(44)20-14-8-9-15-21-36(45)43-46;1-3-4-2/h3-6,10-13,16,18-19,22-25,28,33-34,39,46H,1,7-9,14-15,17,20-21,26-27H2,2H3,(H,41,44)(H,43,45);3-4H,1-2H3/b;4-3-. The molecular formula is C44H55N3O6S. The first-order chi connectivity index (χ1) is 26.3. The number of benzene rings is 1. The third kappa shape index (κ3) is 13.7. The molecule has 2 aromatic rings. The smallest absolute Gasteiger partial charge is 0.256 e. The van der Waals surface area contributed by atoms with Crippen molar-refractivity contribution in [3.05, 3.63) is 132 Å². The van der Waals surface area contributed by atoms with Gasteiger partial charge >= 0.3 is 0 Å². The van der Waals surface area contributed by atoms with Gasteiger partial charge in [0, 0.05) is 47.8 Å². The molecule has 1 aromatic heterocycles. The zero-order valence-electron chi connectivity index (χ0n) is 31.7. The van der Waals surface area contributed by atoms with E-state index >= 15 is 0 Å². The monoisotopic (exact) mass is 753 g/mol. The largest absolute Gasteiger partial charge is 0.431 e. The van der Waals surface area contributed by atoms with Gasteiger partial charge in [-0.15, -0.1) is 6.58 Å². The highest BCUT2D eigenvalue weighted by Crippen LogP contribution is 2.38. The van der Waals surface area contributed by atoms with Gasteiger partial charge in [0.25, 0.3) is 5.22 Å². The average molecular weight is 754 g/mol. The van der Waals surface area contributed by atoms with E-state index in [1.807, 2.05) is 86.7 Å². The average Bonchev–Trinajstić information content (AvgIpc) is 3.36. The minimum Gasteiger partial charge on any atom is -0.431 e. The molecule has 54 heavy (non-hydrogen) atoms. The number of ether oxygens (including phenoxy) is 2. The quantitative estimate of drug-likeness (QED) is 0.0509. The van der Waals surface area contributed by atoms with Crippen LogP contribution in [0.25, 0.3) is 5.57 Å². The summed E-state index contributed by atoms with van der Waals surface area (Å²) < 4.78 is 19.5. The Bertz CT molecular complexity index is 1730. The Kier molecular flexibility index (Phi) is 18.3. The number of hydrogen-bond acceptors (Lipinski definition) is 8. The number of allylic oxidation sites excluding steroid dienone is 13. The Morgan fingerprint density at radius 1 is 0.963 bits per heavy atom. The summed E-state index contributed by atoms with van der Waals surface area (Å²) in [4.78, 5) is 28.6. The van der Waals surface area contributed by atoms with Crippen molar-refractivity contribution in [2.45, 2.75) is 108 Å². The van der Waals surface area contributed by atoms with Crippen molar-refractivity contribution in [2.24, 2.45) is 0 Å². The zero-order chi connectivity index (χ0) is 38.5. The molecule has 0 bridgehead atoms. The van der Waals surface area contributed by atoms with Crippen LogP contribution in [0.3, 0.4) is 0 Å². The molecule has 4 unspecified atom stereocenters. The van der Waals surface area contributed by atoms with Crippen LogP contribution in [0.5, 0.6) is 0 Å². The molecule has 5 rings (SSSR count). The van der Waals surface area contributed by atoms with E-state index in [1.54, 1.807) is 17.2 Å². The first kappa shape index (κ1) is 42.3. The van der Waals surface area contributed by atoms with Crippen LogP contribution < -0.4 is 10.8 Å². The van der Waals surface area contributed by atoms with Gasteiger partial charge in [0.05, 0.1) is 17.9 Å². The minimum absolute atomic E-state index is 0.0434. The molecule has 0 radical (unpaired) electrons. The maximum atomic E-state index is 12.5. The van der Waals surface area contributed by atoms with Crippen LogP contribution in [0.2, 0.25) is 0 Å². The molecule has 2 aliphatic carbocycles. The Balaban J connectivity index is 0.00000155. The van der Waals surface area contributed by atoms with Gasteiger partial charge in [-0.3, -0.25) is 14.8 Å². The minimum atomic E-state index is -0.540. The van der Waals surface area contributed by atoms with Gasteiger partial charge < -0.3 is 19.2 Å². The predicted octanol–water partition coefficient (Wildman–Crippen LogP) is 10.6. The maximum absolute atomic E-state index is 12.5. The van der Waals surface area contributed by atoms with Crippen LogP contribution >= 0.6 is 11.8 Å². The molecule has 2 amide bonds. The highest BCUT2D eigenvalue weighted by Gasteiger charge is 2.33. The Morgan fingerprint density at radius 2 is 1.72 bits per heavy atom. The van der Waals surface area contributed by atoms with Crippen LogP contribution in [-0.4, -0.2) is 40.2 Å². The number of amides is 2. The third-order valence-corrected chi connectivity index (χ3v) is 10.00. The van der Waals surface area contributed by atoms with Gasteiger partial charge in [-0.1, -0.05) is 123 Å². The van der Waals surface area contributed by atoms with E-state index in [2.05, 4.69) is 49.2 Å². The van der Waals surface area contributed by atoms with Gasteiger partial charge in [0.2, 0.25) is 11.8 Å². The lowest BCUT2D eigenvalue weighted by atomic mass is 10.0. The number of nitrogens with one attached hydrogen (secondary N) is 2. The van der Waals surface area contributed by atoms with Crippen molar-refractivity contribution < 1.29 is 28.7 Å². The van der Waals surface area contributed by atoms with Gasteiger partial charge in [0.15, 0.2) is 12.1 Å². The van der Waals surface area contributed by atoms with Crippen molar-refractivity contribution in [1.82, 2.24) is 10.5 Å². The van der Waals surface area contributed by atoms with Crippen LogP contribution in [0.1, 0.15) is 108 Å². The normalized spacial score (nSPS) is 19.9.